The van der Waals surface area contributed by atoms with Crippen LogP contribution in [0.25, 0.3) is 16.5 Å². The van der Waals surface area contributed by atoms with Crippen molar-refractivity contribution in [3.8, 4) is 11.8 Å². The highest BCUT2D eigenvalue weighted by molar-refractivity contribution is 5.96. The highest BCUT2D eigenvalue weighted by Crippen LogP contribution is 2.34. The molecule has 4 nitrogen and oxygen atoms in total. The van der Waals surface area contributed by atoms with Crippen LogP contribution < -0.4 is 4.90 Å². The summed E-state index contributed by atoms with van der Waals surface area (Å²) in [4.78, 5) is 6.75. The van der Waals surface area contributed by atoms with Gasteiger partial charge in [0.25, 0.3) is 0 Å². The lowest BCUT2D eigenvalue weighted by molar-refractivity contribution is 0.475. The lowest BCUT2D eigenvalue weighted by Gasteiger charge is -2.30. The van der Waals surface area contributed by atoms with Crippen LogP contribution in [0.3, 0.4) is 0 Å². The number of aromatic hydroxyl groups is 1. The van der Waals surface area contributed by atoms with Gasteiger partial charge in [0.15, 0.2) is 0 Å². The molecule has 3 aromatic rings. The molecule has 0 saturated heterocycles. The fourth-order valence-corrected chi connectivity index (χ4v) is 3.59. The van der Waals surface area contributed by atoms with E-state index in [1.807, 2.05) is 37.3 Å². The Morgan fingerprint density at radius 3 is 2.65 bits per heavy atom. The molecule has 1 aromatic heterocycles. The van der Waals surface area contributed by atoms with Gasteiger partial charge in [-0.15, -0.1) is 0 Å². The van der Waals surface area contributed by atoms with Crippen molar-refractivity contribution in [2.45, 2.75) is 13.3 Å². The average molecular weight is 341 g/mol. The zero-order chi connectivity index (χ0) is 18.1. The van der Waals surface area contributed by atoms with Gasteiger partial charge in [0.2, 0.25) is 0 Å². The first-order chi connectivity index (χ1) is 12.7. The van der Waals surface area contributed by atoms with Crippen LogP contribution in [0.5, 0.6) is 5.75 Å². The number of pyridine rings is 1. The van der Waals surface area contributed by atoms with E-state index < -0.39 is 0 Å². The number of anilines is 1. The first-order valence-corrected chi connectivity index (χ1v) is 8.69. The van der Waals surface area contributed by atoms with Crippen LogP contribution in [0, 0.1) is 18.3 Å². The second-order valence-electron chi connectivity index (χ2n) is 6.58. The molecule has 0 spiro atoms. The summed E-state index contributed by atoms with van der Waals surface area (Å²) in [5.41, 5.74) is 6.07. The third-order valence-corrected chi connectivity index (χ3v) is 4.95. The SMILES string of the molecule is Cc1cccc2c(N3CC=C(c4ccc(O)cc4)CC3)c(C#N)cnc12. The molecule has 0 radical (unpaired) electrons. The minimum atomic E-state index is 0.282. The minimum Gasteiger partial charge on any atom is -0.508 e. The first kappa shape index (κ1) is 16.2. The Balaban J connectivity index is 1.72. The van der Waals surface area contributed by atoms with E-state index in [0.717, 1.165) is 47.2 Å². The maximum atomic E-state index is 9.58. The van der Waals surface area contributed by atoms with Gasteiger partial charge in [-0.25, -0.2) is 0 Å². The third-order valence-electron chi connectivity index (χ3n) is 4.95. The summed E-state index contributed by atoms with van der Waals surface area (Å²) in [7, 11) is 0. The molecule has 2 aromatic carbocycles. The molecule has 2 heterocycles. The molecule has 0 amide bonds. The number of nitriles is 1. The highest BCUT2D eigenvalue weighted by atomic mass is 16.3. The lowest BCUT2D eigenvalue weighted by atomic mass is 9.98. The van der Waals surface area contributed by atoms with Gasteiger partial charge in [0, 0.05) is 24.7 Å². The van der Waals surface area contributed by atoms with Gasteiger partial charge >= 0.3 is 0 Å². The van der Waals surface area contributed by atoms with E-state index in [2.05, 4.69) is 22.0 Å². The molecule has 128 valence electrons. The fourth-order valence-electron chi connectivity index (χ4n) is 3.59. The highest BCUT2D eigenvalue weighted by Gasteiger charge is 2.19. The molecular formula is C22H19N3O. The number of aryl methyl sites for hydroxylation is 1. The van der Waals surface area contributed by atoms with Gasteiger partial charge in [-0.1, -0.05) is 36.4 Å². The van der Waals surface area contributed by atoms with Gasteiger partial charge < -0.3 is 10.0 Å². The predicted molar refractivity (Wildman–Crippen MR) is 104 cm³/mol. The Kier molecular flexibility index (Phi) is 4.06. The zero-order valence-electron chi connectivity index (χ0n) is 14.6. The predicted octanol–water partition coefficient (Wildman–Crippen LogP) is 4.41. The first-order valence-electron chi connectivity index (χ1n) is 8.69. The number of para-hydroxylation sites is 1. The topological polar surface area (TPSA) is 60.1 Å². The number of aromatic nitrogens is 1. The minimum absolute atomic E-state index is 0.282. The molecule has 1 N–H and O–H groups in total. The van der Waals surface area contributed by atoms with Gasteiger partial charge in [-0.05, 0) is 42.2 Å². The standard InChI is InChI=1S/C22H19N3O/c1-15-3-2-4-20-21(15)24-14-18(13-23)22(20)25-11-9-17(10-12-25)16-5-7-19(26)8-6-16/h2-9,14,26H,10-12H2,1H3. The number of hydrogen-bond acceptors (Lipinski definition) is 4. The van der Waals surface area contributed by atoms with Crippen LogP contribution in [0.1, 0.15) is 23.1 Å². The van der Waals surface area contributed by atoms with Crippen LogP contribution in [0.15, 0.2) is 54.7 Å². The molecule has 1 aliphatic rings. The lowest BCUT2D eigenvalue weighted by Crippen LogP contribution is -2.29. The molecule has 0 aliphatic carbocycles. The van der Waals surface area contributed by atoms with Crippen molar-refractivity contribution >= 4 is 22.2 Å². The molecule has 0 atom stereocenters. The smallest absolute Gasteiger partial charge is 0.115 e. The molecule has 4 heteroatoms. The Labute approximate surface area is 152 Å². The zero-order valence-corrected chi connectivity index (χ0v) is 14.6. The van der Waals surface area contributed by atoms with Crippen molar-refractivity contribution in [2.24, 2.45) is 0 Å². The molecule has 26 heavy (non-hydrogen) atoms. The Morgan fingerprint density at radius 2 is 1.96 bits per heavy atom. The van der Waals surface area contributed by atoms with Crippen molar-refractivity contribution in [1.29, 1.82) is 5.26 Å². The molecular weight excluding hydrogens is 322 g/mol. The van der Waals surface area contributed by atoms with Crippen molar-refractivity contribution in [1.82, 2.24) is 4.98 Å². The van der Waals surface area contributed by atoms with Gasteiger partial charge in [0.05, 0.1) is 16.8 Å². The maximum Gasteiger partial charge on any atom is 0.115 e. The molecule has 0 saturated carbocycles. The van der Waals surface area contributed by atoms with E-state index >= 15 is 0 Å². The van der Waals surface area contributed by atoms with Crippen LogP contribution in [0.4, 0.5) is 5.69 Å². The van der Waals surface area contributed by atoms with E-state index in [1.165, 1.54) is 5.57 Å². The summed E-state index contributed by atoms with van der Waals surface area (Å²) in [6.45, 7) is 3.64. The monoisotopic (exact) mass is 341 g/mol. The van der Waals surface area contributed by atoms with Crippen molar-refractivity contribution < 1.29 is 5.11 Å². The van der Waals surface area contributed by atoms with E-state index in [1.54, 1.807) is 18.3 Å². The average Bonchev–Trinajstić information content (AvgIpc) is 2.68. The van der Waals surface area contributed by atoms with Gasteiger partial charge in [0.1, 0.15) is 11.8 Å². The van der Waals surface area contributed by atoms with Crippen LogP contribution in [0.2, 0.25) is 0 Å². The summed E-state index contributed by atoms with van der Waals surface area (Å²) in [5, 5.41) is 20.1. The Morgan fingerprint density at radius 1 is 1.15 bits per heavy atom. The number of phenolic OH excluding ortho intramolecular Hbond substituents is 1. The normalized spacial score (nSPS) is 14.2. The molecule has 1 aliphatic heterocycles. The van der Waals surface area contributed by atoms with E-state index in [-0.39, 0.29) is 5.75 Å². The largest absolute Gasteiger partial charge is 0.508 e. The summed E-state index contributed by atoms with van der Waals surface area (Å²) < 4.78 is 0. The van der Waals surface area contributed by atoms with Gasteiger partial charge in [-0.3, -0.25) is 4.98 Å². The van der Waals surface area contributed by atoms with Crippen molar-refractivity contribution in [3.05, 3.63) is 71.4 Å². The fraction of sp³-hybridized carbons (Fsp3) is 0.182. The van der Waals surface area contributed by atoms with E-state index in [0.29, 0.717) is 5.56 Å². The van der Waals surface area contributed by atoms with E-state index in [9.17, 15) is 10.4 Å². The third kappa shape index (κ3) is 2.78. The molecule has 0 fully saturated rings. The summed E-state index contributed by atoms with van der Waals surface area (Å²) in [6.07, 6.45) is 4.79. The number of fused-ring (bicyclic) bond motifs is 1. The number of rotatable bonds is 2. The molecule has 4 rings (SSSR count). The number of hydrogen-bond donors (Lipinski definition) is 1. The molecule has 0 bridgehead atoms. The Hall–Kier alpha value is -3.32. The number of benzene rings is 2. The maximum absolute atomic E-state index is 9.58. The van der Waals surface area contributed by atoms with Crippen LogP contribution in [-0.4, -0.2) is 23.2 Å². The Bertz CT molecular complexity index is 1050. The van der Waals surface area contributed by atoms with Gasteiger partial charge in [-0.2, -0.15) is 5.26 Å². The van der Waals surface area contributed by atoms with Crippen molar-refractivity contribution in [2.75, 3.05) is 18.0 Å². The second kappa shape index (κ2) is 6.53. The number of phenols is 1. The second-order valence-corrected chi connectivity index (χ2v) is 6.58. The summed E-state index contributed by atoms with van der Waals surface area (Å²) in [6, 6.07) is 15.7. The van der Waals surface area contributed by atoms with Crippen LogP contribution >= 0.6 is 0 Å². The van der Waals surface area contributed by atoms with Crippen molar-refractivity contribution in [3.63, 3.8) is 0 Å². The van der Waals surface area contributed by atoms with E-state index in [4.69, 9.17) is 0 Å². The summed E-state index contributed by atoms with van der Waals surface area (Å²) >= 11 is 0. The van der Waals surface area contributed by atoms with Crippen LogP contribution in [-0.2, 0) is 0 Å². The quantitative estimate of drug-likeness (QED) is 0.750. The molecule has 0 unspecified atom stereocenters. The number of nitrogens with zero attached hydrogens (tertiary/aromatic N) is 3. The summed E-state index contributed by atoms with van der Waals surface area (Å²) in [5.74, 6) is 0.282.